The first-order valence-corrected chi connectivity index (χ1v) is 17.4. The van der Waals surface area contributed by atoms with E-state index in [0.29, 0.717) is 17.5 Å². The van der Waals surface area contributed by atoms with Gasteiger partial charge in [0.2, 0.25) is 0 Å². The van der Waals surface area contributed by atoms with Gasteiger partial charge in [-0.25, -0.2) is 15.0 Å². The van der Waals surface area contributed by atoms with Gasteiger partial charge in [-0.2, -0.15) is 0 Å². The molecule has 7 aromatic carbocycles. The molecule has 0 unspecified atom stereocenters. The molecule has 0 bridgehead atoms. The van der Waals surface area contributed by atoms with Gasteiger partial charge >= 0.3 is 0 Å². The van der Waals surface area contributed by atoms with E-state index in [4.69, 9.17) is 19.4 Å². The first kappa shape index (κ1) is 28.6. The van der Waals surface area contributed by atoms with Crippen LogP contribution in [0.25, 0.3) is 98.5 Å². The number of hydrogen-bond acceptors (Lipinski definition) is 5. The van der Waals surface area contributed by atoms with Crippen molar-refractivity contribution in [3.05, 3.63) is 164 Å². The minimum atomic E-state index is 0.603. The van der Waals surface area contributed by atoms with Crippen molar-refractivity contribution in [3.8, 4) is 56.4 Å². The number of thiophene rings is 1. The second kappa shape index (κ2) is 11.6. The molecule has 50 heavy (non-hydrogen) atoms. The van der Waals surface area contributed by atoms with E-state index in [9.17, 15) is 0 Å². The quantitative estimate of drug-likeness (QED) is 0.185. The molecule has 0 N–H and O–H groups in total. The van der Waals surface area contributed by atoms with Gasteiger partial charge in [-0.15, -0.1) is 11.3 Å². The molecule has 0 atom stereocenters. The Labute approximate surface area is 292 Å². The maximum atomic E-state index is 6.54. The lowest BCUT2D eigenvalue weighted by atomic mass is 9.97. The fraction of sp³-hybridized carbons (Fsp3) is 0. The van der Waals surface area contributed by atoms with Crippen molar-refractivity contribution >= 4 is 53.4 Å². The zero-order valence-electron chi connectivity index (χ0n) is 26.7. The third kappa shape index (κ3) is 4.87. The Hall–Kier alpha value is -6.43. The van der Waals surface area contributed by atoms with Crippen LogP contribution in [0.4, 0.5) is 0 Å². The molecule has 5 heteroatoms. The van der Waals surface area contributed by atoms with Gasteiger partial charge in [0.1, 0.15) is 11.2 Å². The second-order valence-electron chi connectivity index (χ2n) is 12.4. The highest BCUT2D eigenvalue weighted by Crippen LogP contribution is 2.41. The van der Waals surface area contributed by atoms with Crippen LogP contribution >= 0.6 is 11.3 Å². The van der Waals surface area contributed by atoms with E-state index >= 15 is 0 Å². The maximum absolute atomic E-state index is 6.54. The van der Waals surface area contributed by atoms with E-state index in [2.05, 4.69) is 97.1 Å². The summed E-state index contributed by atoms with van der Waals surface area (Å²) in [4.78, 5) is 14.7. The van der Waals surface area contributed by atoms with Crippen molar-refractivity contribution in [3.63, 3.8) is 0 Å². The average molecular weight is 658 g/mol. The van der Waals surface area contributed by atoms with Crippen LogP contribution in [0.3, 0.4) is 0 Å². The molecule has 0 aliphatic carbocycles. The maximum Gasteiger partial charge on any atom is 0.164 e. The fourth-order valence-electron chi connectivity index (χ4n) is 6.87. The summed E-state index contributed by atoms with van der Waals surface area (Å²) in [5, 5.41) is 4.75. The molecular formula is C45H27N3OS. The highest BCUT2D eigenvalue weighted by atomic mass is 32.1. The van der Waals surface area contributed by atoms with E-state index in [1.165, 1.54) is 31.3 Å². The fourth-order valence-corrected chi connectivity index (χ4v) is 8.11. The van der Waals surface area contributed by atoms with E-state index in [1.807, 2.05) is 78.1 Å². The Bertz CT molecular complexity index is 2820. The van der Waals surface area contributed by atoms with Crippen LogP contribution in [0.5, 0.6) is 0 Å². The van der Waals surface area contributed by atoms with Gasteiger partial charge in [0.05, 0.1) is 0 Å². The number of fused-ring (bicyclic) bond motifs is 6. The van der Waals surface area contributed by atoms with Gasteiger partial charge in [0.25, 0.3) is 0 Å². The molecule has 0 spiro atoms. The van der Waals surface area contributed by atoms with Gasteiger partial charge in [-0.1, -0.05) is 127 Å². The minimum Gasteiger partial charge on any atom is -0.456 e. The lowest BCUT2D eigenvalue weighted by Crippen LogP contribution is -2.00. The van der Waals surface area contributed by atoms with Gasteiger partial charge in [0, 0.05) is 47.6 Å². The molecule has 10 rings (SSSR count). The first-order valence-electron chi connectivity index (χ1n) is 16.6. The second-order valence-corrected chi connectivity index (χ2v) is 13.5. The molecule has 0 fully saturated rings. The van der Waals surface area contributed by atoms with Crippen molar-refractivity contribution in [1.82, 2.24) is 15.0 Å². The molecular weight excluding hydrogens is 631 g/mol. The largest absolute Gasteiger partial charge is 0.456 e. The van der Waals surface area contributed by atoms with Gasteiger partial charge in [-0.05, 0) is 58.7 Å². The third-order valence-corrected chi connectivity index (χ3v) is 10.6. The topological polar surface area (TPSA) is 51.8 Å². The molecule has 3 aromatic heterocycles. The normalized spacial score (nSPS) is 11.6. The Morgan fingerprint density at radius 3 is 1.60 bits per heavy atom. The molecule has 3 heterocycles. The summed E-state index contributed by atoms with van der Waals surface area (Å²) < 4.78 is 9.18. The predicted molar refractivity (Wildman–Crippen MR) is 207 cm³/mol. The Morgan fingerprint density at radius 2 is 0.880 bits per heavy atom. The van der Waals surface area contributed by atoms with Crippen LogP contribution in [0.1, 0.15) is 0 Å². The smallest absolute Gasteiger partial charge is 0.164 e. The molecule has 0 aliphatic rings. The Kier molecular flexibility index (Phi) is 6.64. The van der Waals surface area contributed by atoms with Crippen LogP contribution in [0.2, 0.25) is 0 Å². The molecule has 0 amide bonds. The van der Waals surface area contributed by atoms with Crippen molar-refractivity contribution in [2.24, 2.45) is 0 Å². The number of furan rings is 1. The zero-order valence-corrected chi connectivity index (χ0v) is 27.6. The van der Waals surface area contributed by atoms with Crippen LogP contribution in [-0.4, -0.2) is 15.0 Å². The summed E-state index contributed by atoms with van der Waals surface area (Å²) in [6.45, 7) is 0. The molecule has 0 aliphatic heterocycles. The predicted octanol–water partition coefficient (Wildman–Crippen LogP) is 12.5. The number of aromatic nitrogens is 3. The van der Waals surface area contributed by atoms with Gasteiger partial charge in [-0.3, -0.25) is 0 Å². The lowest BCUT2D eigenvalue weighted by molar-refractivity contribution is 0.669. The van der Waals surface area contributed by atoms with Crippen LogP contribution in [-0.2, 0) is 0 Å². The summed E-state index contributed by atoms with van der Waals surface area (Å²) in [6.07, 6.45) is 0. The average Bonchev–Trinajstić information content (AvgIpc) is 3.76. The first-order chi connectivity index (χ1) is 24.7. The molecule has 4 nitrogen and oxygen atoms in total. The van der Waals surface area contributed by atoms with Crippen LogP contribution in [0.15, 0.2) is 168 Å². The molecule has 0 saturated carbocycles. The van der Waals surface area contributed by atoms with Crippen LogP contribution < -0.4 is 0 Å². The van der Waals surface area contributed by atoms with E-state index in [0.717, 1.165) is 49.8 Å². The molecule has 0 saturated heterocycles. The SMILES string of the molecule is c1ccc(-c2nc(-c3ccccc3)nc(-c3ccc4c(c3)oc3cc(-c5cccc(-c6cccc7c6sc6ccccc67)c5)ccc34)n2)cc1. The highest BCUT2D eigenvalue weighted by molar-refractivity contribution is 7.26. The summed E-state index contributed by atoms with van der Waals surface area (Å²) in [5.41, 5.74) is 9.11. The van der Waals surface area contributed by atoms with Crippen molar-refractivity contribution in [1.29, 1.82) is 0 Å². The summed E-state index contributed by atoms with van der Waals surface area (Å²) in [6, 6.07) is 56.9. The van der Waals surface area contributed by atoms with Crippen molar-refractivity contribution in [2.45, 2.75) is 0 Å². The van der Waals surface area contributed by atoms with E-state index in [1.54, 1.807) is 0 Å². The standard InChI is InChI=1S/C45H27N3OS/c1-3-11-28(12-4-1)43-46-44(29-13-5-2-6-14-29)48-45(47-43)33-22-24-36-35-23-21-31(26-39(35)49-40(36)27-33)30-15-9-16-32(25-30)34-18-10-19-38-37-17-7-8-20-41(37)50-42(34)38/h1-27H. The summed E-state index contributed by atoms with van der Waals surface area (Å²) >= 11 is 1.86. The molecule has 234 valence electrons. The Morgan fingerprint density at radius 1 is 0.360 bits per heavy atom. The Balaban J connectivity index is 1.04. The molecule has 0 radical (unpaired) electrons. The number of benzene rings is 7. The lowest BCUT2D eigenvalue weighted by Gasteiger charge is -2.08. The van der Waals surface area contributed by atoms with Gasteiger partial charge in [0.15, 0.2) is 17.5 Å². The van der Waals surface area contributed by atoms with Gasteiger partial charge < -0.3 is 4.42 Å². The number of nitrogens with zero attached hydrogens (tertiary/aromatic N) is 3. The minimum absolute atomic E-state index is 0.603. The van der Waals surface area contributed by atoms with E-state index in [-0.39, 0.29) is 0 Å². The zero-order chi connectivity index (χ0) is 33.0. The van der Waals surface area contributed by atoms with Crippen molar-refractivity contribution in [2.75, 3.05) is 0 Å². The molecule has 10 aromatic rings. The number of hydrogen-bond donors (Lipinski definition) is 0. The van der Waals surface area contributed by atoms with Crippen LogP contribution in [0, 0.1) is 0 Å². The van der Waals surface area contributed by atoms with E-state index < -0.39 is 0 Å². The summed E-state index contributed by atoms with van der Waals surface area (Å²) in [7, 11) is 0. The third-order valence-electron chi connectivity index (χ3n) is 9.34. The van der Waals surface area contributed by atoms with Crippen molar-refractivity contribution < 1.29 is 4.42 Å². The highest BCUT2D eigenvalue weighted by Gasteiger charge is 2.16. The monoisotopic (exact) mass is 657 g/mol. The summed E-state index contributed by atoms with van der Waals surface area (Å²) in [5.74, 6) is 1.87. The number of rotatable bonds is 5.